The minimum absolute atomic E-state index is 0.0351. The van der Waals surface area contributed by atoms with Gasteiger partial charge in [0.05, 0.1) is 25.7 Å². The van der Waals surface area contributed by atoms with E-state index in [4.69, 9.17) is 14.2 Å². The van der Waals surface area contributed by atoms with E-state index in [9.17, 15) is 14.4 Å². The van der Waals surface area contributed by atoms with Gasteiger partial charge in [-0.3, -0.25) is 9.59 Å². The Morgan fingerprint density at radius 1 is 1.09 bits per heavy atom. The lowest BCUT2D eigenvalue weighted by atomic mass is 9.80. The van der Waals surface area contributed by atoms with Gasteiger partial charge in [-0.1, -0.05) is 29.8 Å². The minimum Gasteiger partial charge on any atom is -0.466 e. The molecule has 8 heteroatoms. The number of nitrogens with one attached hydrogen (secondary N) is 2. The van der Waals surface area contributed by atoms with E-state index in [1.165, 1.54) is 0 Å². The van der Waals surface area contributed by atoms with E-state index in [2.05, 4.69) is 10.6 Å². The van der Waals surface area contributed by atoms with Gasteiger partial charge in [0, 0.05) is 18.4 Å². The summed E-state index contributed by atoms with van der Waals surface area (Å²) in [5.74, 6) is -1.48. The molecule has 1 saturated heterocycles. The fourth-order valence-corrected chi connectivity index (χ4v) is 4.00. The van der Waals surface area contributed by atoms with Crippen molar-refractivity contribution in [2.45, 2.75) is 65.6 Å². The molecule has 0 radical (unpaired) electrons. The molecule has 1 amide bonds. The molecule has 0 spiro atoms. The lowest BCUT2D eigenvalue weighted by Crippen LogP contribution is -2.42. The van der Waals surface area contributed by atoms with Crippen molar-refractivity contribution in [3.05, 3.63) is 35.4 Å². The molecule has 2 N–H and O–H groups in total. The van der Waals surface area contributed by atoms with E-state index in [1.807, 2.05) is 31.2 Å². The van der Waals surface area contributed by atoms with E-state index in [0.29, 0.717) is 6.54 Å². The summed E-state index contributed by atoms with van der Waals surface area (Å²) in [6.45, 7) is 11.8. The highest BCUT2D eigenvalue weighted by Crippen LogP contribution is 2.37. The average molecular weight is 449 g/mol. The van der Waals surface area contributed by atoms with Crippen LogP contribution >= 0.6 is 0 Å². The van der Waals surface area contributed by atoms with Crippen molar-refractivity contribution >= 4 is 18.0 Å². The van der Waals surface area contributed by atoms with Crippen molar-refractivity contribution in [2.24, 2.45) is 11.8 Å². The van der Waals surface area contributed by atoms with E-state index in [0.717, 1.165) is 11.1 Å². The molecule has 1 aliphatic rings. The van der Waals surface area contributed by atoms with Gasteiger partial charge < -0.3 is 24.8 Å². The molecule has 0 aliphatic carbocycles. The second kappa shape index (κ2) is 11.3. The van der Waals surface area contributed by atoms with Crippen LogP contribution in [0.3, 0.4) is 0 Å². The Morgan fingerprint density at radius 2 is 1.72 bits per heavy atom. The van der Waals surface area contributed by atoms with Crippen LogP contribution in [0.5, 0.6) is 0 Å². The maximum atomic E-state index is 12.7. The fraction of sp³-hybridized carbons (Fsp3) is 0.625. The fourth-order valence-electron chi connectivity index (χ4n) is 4.00. The predicted octanol–water partition coefficient (Wildman–Crippen LogP) is 3.28. The van der Waals surface area contributed by atoms with Crippen molar-refractivity contribution in [1.82, 2.24) is 10.6 Å². The number of benzene rings is 1. The normalized spacial score (nSPS) is 21.5. The molecule has 1 unspecified atom stereocenters. The minimum atomic E-state index is -0.669. The third-order valence-corrected chi connectivity index (χ3v) is 5.34. The quantitative estimate of drug-likeness (QED) is 0.465. The van der Waals surface area contributed by atoms with Gasteiger partial charge in [-0.05, 0) is 47.1 Å². The van der Waals surface area contributed by atoms with Gasteiger partial charge >= 0.3 is 18.0 Å². The second-order valence-corrected chi connectivity index (χ2v) is 9.01. The van der Waals surface area contributed by atoms with E-state index < -0.39 is 35.7 Å². The maximum absolute atomic E-state index is 12.7. The molecule has 178 valence electrons. The number of rotatable bonds is 8. The number of carbonyl (C=O) groups excluding carboxylic acids is 3. The van der Waals surface area contributed by atoms with Crippen LogP contribution in [-0.4, -0.2) is 49.4 Å². The van der Waals surface area contributed by atoms with Gasteiger partial charge in [-0.2, -0.15) is 0 Å². The lowest BCUT2D eigenvalue weighted by molar-refractivity contribution is -0.148. The summed E-state index contributed by atoms with van der Waals surface area (Å²) in [5, 5.41) is 6.17. The molecule has 1 aliphatic heterocycles. The average Bonchev–Trinajstić information content (AvgIpc) is 3.09. The first-order valence-corrected chi connectivity index (χ1v) is 11.2. The van der Waals surface area contributed by atoms with E-state index in [1.54, 1.807) is 34.6 Å². The third kappa shape index (κ3) is 7.22. The molecular formula is C24H36N2O6. The molecule has 1 aromatic carbocycles. The molecule has 32 heavy (non-hydrogen) atoms. The van der Waals surface area contributed by atoms with Gasteiger partial charge in [0.15, 0.2) is 0 Å². The summed E-state index contributed by atoms with van der Waals surface area (Å²) in [7, 11) is 0. The van der Waals surface area contributed by atoms with E-state index >= 15 is 0 Å². The van der Waals surface area contributed by atoms with Crippen LogP contribution in [-0.2, 0) is 23.8 Å². The first-order chi connectivity index (χ1) is 15.1. The second-order valence-electron chi connectivity index (χ2n) is 9.01. The van der Waals surface area contributed by atoms with Crippen molar-refractivity contribution in [2.75, 3.05) is 19.8 Å². The zero-order valence-electron chi connectivity index (χ0n) is 19.9. The highest BCUT2D eigenvalue weighted by atomic mass is 16.6. The topological polar surface area (TPSA) is 103 Å². The van der Waals surface area contributed by atoms with Gasteiger partial charge in [-0.25, -0.2) is 4.79 Å². The van der Waals surface area contributed by atoms with Crippen molar-refractivity contribution in [1.29, 1.82) is 0 Å². The lowest BCUT2D eigenvalue weighted by Gasteiger charge is -2.31. The first-order valence-electron chi connectivity index (χ1n) is 11.2. The number of hydrogen-bond donors (Lipinski definition) is 2. The Kier molecular flexibility index (Phi) is 9.07. The molecule has 2 rings (SSSR count). The Balaban J connectivity index is 2.38. The standard InChI is InChI=1S/C24H36N2O6/c1-7-30-19(27)13-17-18(14-25-21(17)22(28)31-8-2)20(16-11-9-15(3)10-12-16)26-23(29)32-24(4,5)6/h9-12,17-18,20-21,25H,7-8,13-14H2,1-6H3,(H,26,29)/t17-,18-,20?,21+/m1/s1. The summed E-state index contributed by atoms with van der Waals surface area (Å²) < 4.78 is 15.9. The van der Waals surface area contributed by atoms with Crippen molar-refractivity contribution in [3.8, 4) is 0 Å². The highest BCUT2D eigenvalue weighted by molar-refractivity contribution is 5.79. The number of alkyl carbamates (subject to hydrolysis) is 1. The predicted molar refractivity (Wildman–Crippen MR) is 120 cm³/mol. The van der Waals surface area contributed by atoms with Gasteiger partial charge in [0.2, 0.25) is 0 Å². The van der Waals surface area contributed by atoms with Crippen LogP contribution in [0.25, 0.3) is 0 Å². The van der Waals surface area contributed by atoms with Gasteiger partial charge in [0.1, 0.15) is 11.6 Å². The first kappa shape index (κ1) is 25.6. The van der Waals surface area contributed by atoms with Crippen molar-refractivity contribution < 1.29 is 28.6 Å². The summed E-state index contributed by atoms with van der Waals surface area (Å²) >= 11 is 0. The highest BCUT2D eigenvalue weighted by Gasteiger charge is 2.46. The largest absolute Gasteiger partial charge is 0.466 e. The Morgan fingerprint density at radius 3 is 2.28 bits per heavy atom. The molecule has 0 bridgehead atoms. The summed E-state index contributed by atoms with van der Waals surface area (Å²) in [4.78, 5) is 37.7. The van der Waals surface area contributed by atoms with Crippen LogP contribution in [0.15, 0.2) is 24.3 Å². The summed E-state index contributed by atoms with van der Waals surface area (Å²) in [6, 6.07) is 6.66. The van der Waals surface area contributed by atoms with Crippen LogP contribution in [0.4, 0.5) is 4.79 Å². The zero-order valence-corrected chi connectivity index (χ0v) is 19.9. The number of hydrogen-bond acceptors (Lipinski definition) is 7. The molecule has 0 aromatic heterocycles. The van der Waals surface area contributed by atoms with Gasteiger partial charge in [-0.15, -0.1) is 0 Å². The number of amides is 1. The monoisotopic (exact) mass is 448 g/mol. The Labute approximate surface area is 190 Å². The molecule has 0 saturated carbocycles. The van der Waals surface area contributed by atoms with Gasteiger partial charge in [0.25, 0.3) is 0 Å². The van der Waals surface area contributed by atoms with Crippen LogP contribution in [0, 0.1) is 18.8 Å². The van der Waals surface area contributed by atoms with Crippen LogP contribution in [0.1, 0.15) is 58.2 Å². The summed E-state index contributed by atoms with van der Waals surface area (Å²) in [5.41, 5.74) is 1.29. The number of carbonyl (C=O) groups is 3. The molecule has 1 heterocycles. The zero-order chi connectivity index (χ0) is 23.9. The third-order valence-electron chi connectivity index (χ3n) is 5.34. The van der Waals surface area contributed by atoms with Crippen LogP contribution in [0.2, 0.25) is 0 Å². The number of ether oxygens (including phenoxy) is 3. The Bertz CT molecular complexity index is 787. The maximum Gasteiger partial charge on any atom is 0.408 e. The SMILES string of the molecule is CCOC(=O)C[C@H]1[C@@H](C(=O)OCC)NC[C@H]1C(NC(=O)OC(C)(C)C)c1ccc(C)cc1. The molecule has 1 fully saturated rings. The Hall–Kier alpha value is -2.61. The molecule has 4 atom stereocenters. The number of esters is 2. The van der Waals surface area contributed by atoms with E-state index in [-0.39, 0.29) is 31.5 Å². The summed E-state index contributed by atoms with van der Waals surface area (Å²) in [6.07, 6.45) is -0.523. The molecule has 8 nitrogen and oxygen atoms in total. The smallest absolute Gasteiger partial charge is 0.408 e. The molecular weight excluding hydrogens is 412 g/mol. The number of aryl methyl sites for hydroxylation is 1. The van der Waals surface area contributed by atoms with Crippen molar-refractivity contribution in [3.63, 3.8) is 0 Å². The van der Waals surface area contributed by atoms with Crippen LogP contribution < -0.4 is 10.6 Å². The molecule has 1 aromatic rings.